The number of hydrogen-bond acceptors (Lipinski definition) is 2. The van der Waals surface area contributed by atoms with Gasteiger partial charge in [0.2, 0.25) is 5.91 Å². The highest BCUT2D eigenvalue weighted by Gasteiger charge is 2.46. The van der Waals surface area contributed by atoms with Gasteiger partial charge in [-0.25, -0.2) is 0 Å². The van der Waals surface area contributed by atoms with Crippen LogP contribution in [0.3, 0.4) is 0 Å². The maximum Gasteiger partial charge on any atom is 0.241 e. The molecule has 0 spiro atoms. The minimum Gasteiger partial charge on any atom is -0.323 e. The van der Waals surface area contributed by atoms with E-state index in [0.29, 0.717) is 30.0 Å². The van der Waals surface area contributed by atoms with Crippen LogP contribution in [0, 0.1) is 11.8 Å². The van der Waals surface area contributed by atoms with Crippen LogP contribution in [0.1, 0.15) is 72.6 Å². The zero-order valence-electron chi connectivity index (χ0n) is 13.7. The molecule has 1 aliphatic heterocycles. The molecule has 3 unspecified atom stereocenters. The lowest BCUT2D eigenvalue weighted by atomic mass is 9.99. The second-order valence-electron chi connectivity index (χ2n) is 6.74. The van der Waals surface area contributed by atoms with Gasteiger partial charge in [-0.15, -0.1) is 0 Å². The first-order valence-electron chi connectivity index (χ1n) is 8.72. The first-order valence-corrected chi connectivity index (χ1v) is 8.72. The molecule has 0 radical (unpaired) electrons. The van der Waals surface area contributed by atoms with Crippen molar-refractivity contribution in [3.8, 4) is 0 Å². The van der Waals surface area contributed by atoms with Crippen LogP contribution >= 0.6 is 0 Å². The highest BCUT2D eigenvalue weighted by molar-refractivity contribution is 5.85. The maximum atomic E-state index is 12.9. The van der Waals surface area contributed by atoms with Crippen LogP contribution in [-0.4, -0.2) is 29.1 Å². The van der Waals surface area contributed by atoms with Gasteiger partial charge in [-0.1, -0.05) is 47.0 Å². The largest absolute Gasteiger partial charge is 0.323 e. The van der Waals surface area contributed by atoms with Gasteiger partial charge in [0.25, 0.3) is 0 Å². The van der Waals surface area contributed by atoms with Crippen LogP contribution in [-0.2, 0) is 4.79 Å². The molecule has 0 aromatic rings. The molecule has 3 nitrogen and oxygen atoms in total. The lowest BCUT2D eigenvalue weighted by Crippen LogP contribution is -2.47. The number of hydrogen-bond donors (Lipinski definition) is 1. The van der Waals surface area contributed by atoms with E-state index in [-0.39, 0.29) is 6.04 Å². The summed E-state index contributed by atoms with van der Waals surface area (Å²) < 4.78 is 0. The minimum absolute atomic E-state index is 0.0474. The van der Waals surface area contributed by atoms with E-state index in [1.807, 2.05) is 0 Å². The van der Waals surface area contributed by atoms with Gasteiger partial charge >= 0.3 is 0 Å². The van der Waals surface area contributed by atoms with Gasteiger partial charge in [0, 0.05) is 6.04 Å². The van der Waals surface area contributed by atoms with E-state index in [2.05, 4.69) is 37.9 Å². The number of nitrogens with zero attached hydrogens (tertiary/aromatic N) is 1. The normalized spacial score (nSPS) is 29.6. The van der Waals surface area contributed by atoms with E-state index in [9.17, 15) is 4.79 Å². The lowest BCUT2D eigenvalue weighted by molar-refractivity contribution is -0.134. The van der Waals surface area contributed by atoms with Crippen molar-refractivity contribution in [2.75, 3.05) is 0 Å². The number of amides is 1. The molecule has 1 saturated heterocycles. The Labute approximate surface area is 124 Å². The van der Waals surface area contributed by atoms with E-state index in [1.165, 1.54) is 25.7 Å². The Bertz CT molecular complexity index is 321. The number of rotatable bonds is 6. The summed E-state index contributed by atoms with van der Waals surface area (Å²) in [5, 5.41) is 3.71. The first kappa shape index (κ1) is 15.8. The van der Waals surface area contributed by atoms with Gasteiger partial charge in [-0.2, -0.15) is 0 Å². The predicted molar refractivity (Wildman–Crippen MR) is 83.3 cm³/mol. The average Bonchev–Trinajstić information content (AvgIpc) is 3.08. The Kier molecular flexibility index (Phi) is 5.48. The molecule has 1 N–H and O–H groups in total. The monoisotopic (exact) mass is 280 g/mol. The molecule has 2 rings (SSSR count). The summed E-state index contributed by atoms with van der Waals surface area (Å²) in [6, 6.07) is 0.459. The molecule has 116 valence electrons. The molecule has 1 heterocycles. The second-order valence-corrected chi connectivity index (χ2v) is 6.74. The van der Waals surface area contributed by atoms with Crippen molar-refractivity contribution in [2.45, 2.75) is 90.9 Å². The van der Waals surface area contributed by atoms with Gasteiger partial charge in [0.1, 0.15) is 0 Å². The molecule has 0 aromatic heterocycles. The zero-order valence-corrected chi connectivity index (χ0v) is 13.7. The standard InChI is InChI=1S/C17H32N2O/c1-5-12(4)15-17(20)19(14(6-2)7-3)16(18-15)13-10-8-9-11-13/h12-16,18H,5-11H2,1-4H3. The summed E-state index contributed by atoms with van der Waals surface area (Å²) in [5.74, 6) is 1.48. The Hall–Kier alpha value is -0.570. The molecule has 2 fully saturated rings. The van der Waals surface area contributed by atoms with Crippen molar-refractivity contribution < 1.29 is 4.79 Å². The molecule has 1 amide bonds. The van der Waals surface area contributed by atoms with Crippen molar-refractivity contribution in [1.82, 2.24) is 10.2 Å². The minimum atomic E-state index is 0.0474. The summed E-state index contributed by atoms with van der Waals surface area (Å²) in [7, 11) is 0. The van der Waals surface area contributed by atoms with Crippen LogP contribution < -0.4 is 5.32 Å². The van der Waals surface area contributed by atoms with E-state index in [4.69, 9.17) is 0 Å². The summed E-state index contributed by atoms with van der Waals surface area (Å²) in [6.45, 7) is 8.81. The van der Waals surface area contributed by atoms with Crippen LogP contribution in [0.5, 0.6) is 0 Å². The molecule has 1 aliphatic carbocycles. The Morgan fingerprint density at radius 1 is 1.15 bits per heavy atom. The van der Waals surface area contributed by atoms with Gasteiger partial charge in [0.05, 0.1) is 12.2 Å². The van der Waals surface area contributed by atoms with Crippen LogP contribution in [0.4, 0.5) is 0 Å². The molecule has 3 atom stereocenters. The van der Waals surface area contributed by atoms with E-state index in [1.54, 1.807) is 0 Å². The number of carbonyl (C=O) groups excluding carboxylic acids is 1. The third kappa shape index (κ3) is 2.88. The fourth-order valence-electron chi connectivity index (χ4n) is 4.00. The van der Waals surface area contributed by atoms with Crippen LogP contribution in [0.25, 0.3) is 0 Å². The van der Waals surface area contributed by atoms with Gasteiger partial charge in [-0.05, 0) is 37.5 Å². The van der Waals surface area contributed by atoms with Crippen LogP contribution in [0.2, 0.25) is 0 Å². The van der Waals surface area contributed by atoms with Crippen molar-refractivity contribution in [1.29, 1.82) is 0 Å². The SMILES string of the molecule is CCC(C)C1NC(C2CCCC2)N(C(CC)CC)C1=O. The Morgan fingerprint density at radius 3 is 2.25 bits per heavy atom. The van der Waals surface area contributed by atoms with Gasteiger partial charge in [-0.3, -0.25) is 10.1 Å². The maximum absolute atomic E-state index is 12.9. The van der Waals surface area contributed by atoms with Crippen LogP contribution in [0.15, 0.2) is 0 Å². The average molecular weight is 280 g/mol. The summed E-state index contributed by atoms with van der Waals surface area (Å²) in [6.07, 6.45) is 8.75. The van der Waals surface area contributed by atoms with Crippen molar-refractivity contribution in [3.63, 3.8) is 0 Å². The first-order chi connectivity index (χ1) is 9.63. The molecule has 20 heavy (non-hydrogen) atoms. The molecule has 2 aliphatic rings. The van der Waals surface area contributed by atoms with E-state index in [0.717, 1.165) is 19.3 Å². The molecule has 0 bridgehead atoms. The summed E-state index contributed by atoms with van der Waals surface area (Å²) >= 11 is 0. The summed E-state index contributed by atoms with van der Waals surface area (Å²) in [5.41, 5.74) is 0. The highest BCUT2D eigenvalue weighted by Crippen LogP contribution is 2.35. The Balaban J connectivity index is 2.20. The van der Waals surface area contributed by atoms with Gasteiger partial charge < -0.3 is 4.90 Å². The van der Waals surface area contributed by atoms with Crippen molar-refractivity contribution >= 4 is 5.91 Å². The lowest BCUT2D eigenvalue weighted by Gasteiger charge is -2.34. The summed E-state index contributed by atoms with van der Waals surface area (Å²) in [4.78, 5) is 15.1. The van der Waals surface area contributed by atoms with Gasteiger partial charge in [0.15, 0.2) is 0 Å². The fourth-order valence-corrected chi connectivity index (χ4v) is 4.00. The predicted octanol–water partition coefficient (Wildman–Crippen LogP) is 3.54. The molecule has 0 aromatic carbocycles. The smallest absolute Gasteiger partial charge is 0.241 e. The second kappa shape index (κ2) is 6.93. The van der Waals surface area contributed by atoms with E-state index < -0.39 is 0 Å². The zero-order chi connectivity index (χ0) is 14.7. The van der Waals surface area contributed by atoms with Crippen molar-refractivity contribution in [2.24, 2.45) is 11.8 Å². The number of carbonyl (C=O) groups is 1. The van der Waals surface area contributed by atoms with Crippen molar-refractivity contribution in [3.05, 3.63) is 0 Å². The topological polar surface area (TPSA) is 32.3 Å². The van der Waals surface area contributed by atoms with E-state index >= 15 is 0 Å². The fraction of sp³-hybridized carbons (Fsp3) is 0.941. The quantitative estimate of drug-likeness (QED) is 0.807. The Morgan fingerprint density at radius 2 is 1.75 bits per heavy atom. The highest BCUT2D eigenvalue weighted by atomic mass is 16.2. The third-order valence-electron chi connectivity index (χ3n) is 5.57. The third-order valence-corrected chi connectivity index (χ3v) is 5.57. The molecular formula is C17H32N2O. The molecular weight excluding hydrogens is 248 g/mol. The molecule has 3 heteroatoms. The number of nitrogens with one attached hydrogen (secondary N) is 1. The molecule has 1 saturated carbocycles.